The van der Waals surface area contributed by atoms with Crippen LogP contribution in [-0.2, 0) is 23.1 Å². The van der Waals surface area contributed by atoms with E-state index in [2.05, 4.69) is 20.0 Å². The number of hydrogen-bond donors (Lipinski definition) is 2. The Balaban J connectivity index is 1.59. The SMILES string of the molecule is Cc1ncc(CNC(=O)c2ccc(CNS(=O)(=O)c3cc(Cl)cc(Cl)c3)cn2)s1. The number of carbonyl (C=O) groups is 1. The lowest BCUT2D eigenvalue weighted by Crippen LogP contribution is -2.24. The second-order valence-corrected chi connectivity index (χ2v) is 9.97. The minimum absolute atomic E-state index is 0.00149. The molecule has 3 aromatic rings. The van der Waals surface area contributed by atoms with Crippen molar-refractivity contribution < 1.29 is 13.2 Å². The van der Waals surface area contributed by atoms with Crippen molar-refractivity contribution in [3.05, 3.63) is 73.9 Å². The average Bonchev–Trinajstić information content (AvgIpc) is 3.09. The molecule has 0 saturated heterocycles. The first kappa shape index (κ1) is 21.7. The average molecular weight is 471 g/mol. The molecule has 0 atom stereocenters. The minimum Gasteiger partial charge on any atom is -0.346 e. The standard InChI is InChI=1S/C18H16Cl2N4O3S2/c1-11-21-9-15(28-11)10-23-18(25)17-3-2-12(7-22-17)8-24-29(26,27)16-5-13(19)4-14(20)6-16/h2-7,9,24H,8,10H2,1H3,(H,23,25). The highest BCUT2D eigenvalue weighted by Crippen LogP contribution is 2.22. The number of sulfonamides is 1. The van der Waals surface area contributed by atoms with E-state index >= 15 is 0 Å². The topological polar surface area (TPSA) is 101 Å². The molecule has 3 rings (SSSR count). The van der Waals surface area contributed by atoms with Gasteiger partial charge in [0.15, 0.2) is 0 Å². The van der Waals surface area contributed by atoms with Crippen LogP contribution in [0.2, 0.25) is 10.0 Å². The van der Waals surface area contributed by atoms with E-state index in [4.69, 9.17) is 23.2 Å². The molecule has 29 heavy (non-hydrogen) atoms. The molecule has 0 aliphatic carbocycles. The number of amides is 1. The maximum absolute atomic E-state index is 12.4. The van der Waals surface area contributed by atoms with Crippen LogP contribution in [0.4, 0.5) is 0 Å². The van der Waals surface area contributed by atoms with Crippen LogP contribution in [0.1, 0.15) is 25.9 Å². The second kappa shape index (κ2) is 9.19. The number of nitrogens with one attached hydrogen (secondary N) is 2. The molecule has 2 aromatic heterocycles. The molecule has 0 radical (unpaired) electrons. The van der Waals surface area contributed by atoms with Gasteiger partial charge in [0, 0.05) is 33.9 Å². The van der Waals surface area contributed by atoms with Crippen LogP contribution < -0.4 is 10.0 Å². The summed E-state index contributed by atoms with van der Waals surface area (Å²) in [7, 11) is -3.80. The number of pyridine rings is 1. The van der Waals surface area contributed by atoms with Crippen molar-refractivity contribution in [2.45, 2.75) is 24.9 Å². The normalized spacial score (nSPS) is 11.4. The van der Waals surface area contributed by atoms with Gasteiger partial charge >= 0.3 is 0 Å². The maximum Gasteiger partial charge on any atom is 0.270 e. The molecule has 7 nitrogen and oxygen atoms in total. The van der Waals surface area contributed by atoms with Gasteiger partial charge in [-0.05, 0) is 36.8 Å². The summed E-state index contributed by atoms with van der Waals surface area (Å²) in [6.45, 7) is 2.27. The Morgan fingerprint density at radius 1 is 1.07 bits per heavy atom. The zero-order valence-corrected chi connectivity index (χ0v) is 18.3. The van der Waals surface area contributed by atoms with Gasteiger partial charge < -0.3 is 5.32 Å². The summed E-state index contributed by atoms with van der Waals surface area (Å²) in [5, 5.41) is 4.15. The minimum atomic E-state index is -3.80. The number of carbonyl (C=O) groups excluding carboxylic acids is 1. The largest absolute Gasteiger partial charge is 0.346 e. The smallest absolute Gasteiger partial charge is 0.270 e. The molecule has 0 saturated carbocycles. The molecule has 2 N–H and O–H groups in total. The van der Waals surface area contributed by atoms with Crippen molar-refractivity contribution >= 4 is 50.5 Å². The van der Waals surface area contributed by atoms with E-state index in [1.54, 1.807) is 12.3 Å². The number of rotatable bonds is 7. The Hall–Kier alpha value is -2.04. The predicted molar refractivity (Wildman–Crippen MR) is 113 cm³/mol. The first-order valence-electron chi connectivity index (χ1n) is 8.33. The third-order valence-corrected chi connectivity index (χ3v) is 6.49. The highest BCUT2D eigenvalue weighted by atomic mass is 35.5. The molecule has 2 heterocycles. The monoisotopic (exact) mass is 470 g/mol. The molecule has 0 unspecified atom stereocenters. The molecule has 0 fully saturated rings. The van der Waals surface area contributed by atoms with Crippen LogP contribution in [0.5, 0.6) is 0 Å². The fraction of sp³-hybridized carbons (Fsp3) is 0.167. The molecule has 0 aliphatic heterocycles. The number of hydrogen-bond acceptors (Lipinski definition) is 6. The van der Waals surface area contributed by atoms with E-state index in [9.17, 15) is 13.2 Å². The Morgan fingerprint density at radius 3 is 2.38 bits per heavy atom. The van der Waals surface area contributed by atoms with Crippen LogP contribution in [0.15, 0.2) is 47.6 Å². The first-order valence-corrected chi connectivity index (χ1v) is 11.4. The van der Waals surface area contributed by atoms with Crippen LogP contribution >= 0.6 is 34.5 Å². The molecule has 0 bridgehead atoms. The molecule has 0 aliphatic rings. The number of aromatic nitrogens is 2. The lowest BCUT2D eigenvalue weighted by atomic mass is 10.2. The van der Waals surface area contributed by atoms with Gasteiger partial charge in [-0.15, -0.1) is 11.3 Å². The van der Waals surface area contributed by atoms with Crippen LogP contribution in [0, 0.1) is 6.92 Å². The molecule has 152 valence electrons. The molecule has 11 heteroatoms. The van der Waals surface area contributed by atoms with Gasteiger partial charge in [0.1, 0.15) is 5.69 Å². The molecule has 1 aromatic carbocycles. The van der Waals surface area contributed by atoms with Crippen molar-refractivity contribution in [3.63, 3.8) is 0 Å². The number of nitrogens with zero attached hydrogens (tertiary/aromatic N) is 2. The summed E-state index contributed by atoms with van der Waals surface area (Å²) in [4.78, 5) is 21.3. The van der Waals surface area contributed by atoms with E-state index in [1.165, 1.54) is 41.8 Å². The lowest BCUT2D eigenvalue weighted by Gasteiger charge is -2.08. The van der Waals surface area contributed by atoms with Crippen LogP contribution in [-0.4, -0.2) is 24.3 Å². The van der Waals surface area contributed by atoms with Crippen molar-refractivity contribution in [1.82, 2.24) is 20.0 Å². The highest BCUT2D eigenvalue weighted by Gasteiger charge is 2.16. The van der Waals surface area contributed by atoms with Gasteiger partial charge in [0.25, 0.3) is 5.91 Å². The van der Waals surface area contributed by atoms with E-state index in [0.717, 1.165) is 9.88 Å². The number of halogens is 2. The zero-order chi connectivity index (χ0) is 21.0. The first-order chi connectivity index (χ1) is 13.7. The molecule has 1 amide bonds. The van der Waals surface area contributed by atoms with Gasteiger partial charge in [-0.25, -0.2) is 18.1 Å². The molecular formula is C18H16Cl2N4O3S2. The van der Waals surface area contributed by atoms with Crippen molar-refractivity contribution in [3.8, 4) is 0 Å². The Bertz CT molecular complexity index is 1110. The molecule has 0 spiro atoms. The number of aryl methyl sites for hydroxylation is 1. The Labute approximate surface area is 182 Å². The summed E-state index contributed by atoms with van der Waals surface area (Å²) in [6, 6.07) is 7.24. The Morgan fingerprint density at radius 2 is 1.79 bits per heavy atom. The lowest BCUT2D eigenvalue weighted by molar-refractivity contribution is 0.0946. The van der Waals surface area contributed by atoms with Gasteiger partial charge in [-0.2, -0.15) is 0 Å². The fourth-order valence-electron chi connectivity index (χ4n) is 2.35. The van der Waals surface area contributed by atoms with Gasteiger partial charge in [-0.3, -0.25) is 9.78 Å². The third kappa shape index (κ3) is 5.97. The van der Waals surface area contributed by atoms with Crippen molar-refractivity contribution in [1.29, 1.82) is 0 Å². The fourth-order valence-corrected chi connectivity index (χ4v) is 4.83. The van der Waals surface area contributed by atoms with Crippen LogP contribution in [0.3, 0.4) is 0 Å². The maximum atomic E-state index is 12.4. The van der Waals surface area contributed by atoms with E-state index in [1.807, 2.05) is 6.92 Å². The summed E-state index contributed by atoms with van der Waals surface area (Å²) in [5.74, 6) is -0.322. The Kier molecular flexibility index (Phi) is 6.86. The number of thiazole rings is 1. The highest BCUT2D eigenvalue weighted by molar-refractivity contribution is 7.89. The van der Waals surface area contributed by atoms with Crippen LogP contribution in [0.25, 0.3) is 0 Å². The van der Waals surface area contributed by atoms with E-state index < -0.39 is 10.0 Å². The van der Waals surface area contributed by atoms with E-state index in [-0.39, 0.29) is 33.1 Å². The summed E-state index contributed by atoms with van der Waals surface area (Å²) in [5.41, 5.74) is 0.829. The quantitative estimate of drug-likeness (QED) is 0.549. The summed E-state index contributed by atoms with van der Waals surface area (Å²) >= 11 is 13.2. The molecular weight excluding hydrogens is 455 g/mol. The van der Waals surface area contributed by atoms with E-state index in [0.29, 0.717) is 12.1 Å². The van der Waals surface area contributed by atoms with Gasteiger partial charge in [-0.1, -0.05) is 29.3 Å². The zero-order valence-electron chi connectivity index (χ0n) is 15.1. The van der Waals surface area contributed by atoms with Crippen molar-refractivity contribution in [2.75, 3.05) is 0 Å². The summed E-state index contributed by atoms with van der Waals surface area (Å²) in [6.07, 6.45) is 3.16. The summed E-state index contributed by atoms with van der Waals surface area (Å²) < 4.78 is 27.2. The second-order valence-electron chi connectivity index (χ2n) is 6.01. The van der Waals surface area contributed by atoms with Gasteiger partial charge in [0.05, 0.1) is 16.4 Å². The van der Waals surface area contributed by atoms with Gasteiger partial charge in [0.2, 0.25) is 10.0 Å². The third-order valence-electron chi connectivity index (χ3n) is 3.76. The van der Waals surface area contributed by atoms with Crippen molar-refractivity contribution in [2.24, 2.45) is 0 Å². The number of benzene rings is 1. The predicted octanol–water partition coefficient (Wildman–Crippen LogP) is 3.56.